The van der Waals surface area contributed by atoms with Gasteiger partial charge in [-0.3, -0.25) is 9.59 Å². The largest absolute Gasteiger partial charge is 0.356 e. The smallest absolute Gasteiger partial charge is 0.221 e. The first-order chi connectivity index (χ1) is 9.61. The molecule has 0 aliphatic carbocycles. The lowest BCUT2D eigenvalue weighted by molar-refractivity contribution is -0.121. The van der Waals surface area contributed by atoms with Crippen LogP contribution in [0.1, 0.15) is 25.3 Å². The summed E-state index contributed by atoms with van der Waals surface area (Å²) < 4.78 is 0. The third-order valence-corrected chi connectivity index (χ3v) is 2.84. The van der Waals surface area contributed by atoms with Gasteiger partial charge in [0, 0.05) is 25.6 Å². The Morgan fingerprint density at radius 3 is 2.40 bits per heavy atom. The van der Waals surface area contributed by atoms with Crippen molar-refractivity contribution in [3.63, 3.8) is 0 Å². The minimum Gasteiger partial charge on any atom is -0.356 e. The molecule has 0 fully saturated rings. The molecule has 0 radical (unpaired) electrons. The third-order valence-electron chi connectivity index (χ3n) is 2.84. The molecule has 1 aromatic carbocycles. The van der Waals surface area contributed by atoms with E-state index in [4.69, 9.17) is 0 Å². The standard InChI is InChI=1S/C15H23N3O2/c1-12(19)18-14-7-5-13(6-8-14)9-11-17-15(20)4-3-10-16-2/h5-8,16H,3-4,9-11H2,1-2H3,(H,17,20)(H,18,19). The van der Waals surface area contributed by atoms with Gasteiger partial charge in [-0.2, -0.15) is 0 Å². The van der Waals surface area contributed by atoms with E-state index in [1.807, 2.05) is 31.3 Å². The monoisotopic (exact) mass is 277 g/mol. The molecule has 0 aromatic heterocycles. The molecule has 20 heavy (non-hydrogen) atoms. The summed E-state index contributed by atoms with van der Waals surface area (Å²) in [5, 5.41) is 8.63. The van der Waals surface area contributed by atoms with Crippen LogP contribution >= 0.6 is 0 Å². The summed E-state index contributed by atoms with van der Waals surface area (Å²) in [6.07, 6.45) is 2.20. The highest BCUT2D eigenvalue weighted by atomic mass is 16.2. The Bertz CT molecular complexity index is 429. The summed E-state index contributed by atoms with van der Waals surface area (Å²) in [6, 6.07) is 7.65. The summed E-state index contributed by atoms with van der Waals surface area (Å²) in [7, 11) is 1.88. The zero-order valence-corrected chi connectivity index (χ0v) is 12.2. The summed E-state index contributed by atoms with van der Waals surface area (Å²) in [5.41, 5.74) is 1.92. The molecule has 5 nitrogen and oxygen atoms in total. The van der Waals surface area contributed by atoms with Crippen LogP contribution < -0.4 is 16.0 Å². The fourth-order valence-electron chi connectivity index (χ4n) is 1.82. The van der Waals surface area contributed by atoms with Gasteiger partial charge in [-0.05, 0) is 44.1 Å². The number of amides is 2. The van der Waals surface area contributed by atoms with E-state index in [0.29, 0.717) is 13.0 Å². The molecule has 1 aromatic rings. The Morgan fingerprint density at radius 1 is 1.10 bits per heavy atom. The average Bonchev–Trinajstić information content (AvgIpc) is 2.40. The second kappa shape index (κ2) is 9.09. The molecule has 0 heterocycles. The molecule has 3 N–H and O–H groups in total. The van der Waals surface area contributed by atoms with Crippen LogP contribution in [-0.4, -0.2) is 32.0 Å². The molecule has 0 aliphatic heterocycles. The van der Waals surface area contributed by atoms with Crippen LogP contribution in [0, 0.1) is 0 Å². The van der Waals surface area contributed by atoms with Crippen LogP contribution in [0.4, 0.5) is 5.69 Å². The van der Waals surface area contributed by atoms with Gasteiger partial charge >= 0.3 is 0 Å². The maximum absolute atomic E-state index is 11.5. The van der Waals surface area contributed by atoms with Gasteiger partial charge in [-0.15, -0.1) is 0 Å². The normalized spacial score (nSPS) is 10.1. The maximum Gasteiger partial charge on any atom is 0.221 e. The molecule has 0 saturated heterocycles. The van der Waals surface area contributed by atoms with Gasteiger partial charge in [0.1, 0.15) is 0 Å². The SMILES string of the molecule is CNCCCC(=O)NCCc1ccc(NC(C)=O)cc1. The van der Waals surface area contributed by atoms with Gasteiger partial charge in [0.15, 0.2) is 0 Å². The second-order valence-electron chi connectivity index (χ2n) is 4.69. The number of benzene rings is 1. The van der Waals surface area contributed by atoms with Gasteiger partial charge in [0.05, 0.1) is 0 Å². The van der Waals surface area contributed by atoms with Gasteiger partial charge in [-0.25, -0.2) is 0 Å². The number of rotatable bonds is 8. The van der Waals surface area contributed by atoms with Crippen LogP contribution in [0.3, 0.4) is 0 Å². The van der Waals surface area contributed by atoms with Crippen molar-refractivity contribution in [2.75, 3.05) is 25.5 Å². The lowest BCUT2D eigenvalue weighted by Crippen LogP contribution is -2.26. The van der Waals surface area contributed by atoms with Crippen molar-refractivity contribution in [3.8, 4) is 0 Å². The minimum absolute atomic E-state index is 0.0772. The zero-order chi connectivity index (χ0) is 14.8. The van der Waals surface area contributed by atoms with Crippen molar-refractivity contribution in [1.29, 1.82) is 0 Å². The fraction of sp³-hybridized carbons (Fsp3) is 0.467. The van der Waals surface area contributed by atoms with E-state index in [2.05, 4.69) is 16.0 Å². The highest BCUT2D eigenvalue weighted by Gasteiger charge is 2.01. The molecule has 0 atom stereocenters. The molecule has 0 aliphatic rings. The Morgan fingerprint density at radius 2 is 1.80 bits per heavy atom. The molecule has 0 saturated carbocycles. The Hall–Kier alpha value is -1.88. The van der Waals surface area contributed by atoms with Crippen LogP contribution in [0.15, 0.2) is 24.3 Å². The number of carbonyl (C=O) groups is 2. The minimum atomic E-state index is -0.0772. The predicted molar refractivity (Wildman–Crippen MR) is 80.6 cm³/mol. The molecular formula is C15H23N3O2. The third kappa shape index (κ3) is 6.89. The molecule has 0 unspecified atom stereocenters. The van der Waals surface area contributed by atoms with Gasteiger partial charge in [0.25, 0.3) is 0 Å². The van der Waals surface area contributed by atoms with Crippen molar-refractivity contribution < 1.29 is 9.59 Å². The second-order valence-corrected chi connectivity index (χ2v) is 4.69. The number of hydrogen-bond donors (Lipinski definition) is 3. The van der Waals surface area contributed by atoms with E-state index in [1.165, 1.54) is 6.92 Å². The molecule has 0 bridgehead atoms. The van der Waals surface area contributed by atoms with Crippen molar-refractivity contribution in [2.24, 2.45) is 0 Å². The van der Waals surface area contributed by atoms with Crippen molar-refractivity contribution in [1.82, 2.24) is 10.6 Å². The van der Waals surface area contributed by atoms with Crippen LogP contribution in [0.5, 0.6) is 0 Å². The summed E-state index contributed by atoms with van der Waals surface area (Å²) in [4.78, 5) is 22.4. The molecular weight excluding hydrogens is 254 g/mol. The van der Waals surface area contributed by atoms with Gasteiger partial charge in [0.2, 0.25) is 11.8 Å². The Balaban J connectivity index is 2.24. The first-order valence-corrected chi connectivity index (χ1v) is 6.89. The van der Waals surface area contributed by atoms with Gasteiger partial charge < -0.3 is 16.0 Å². The lowest BCUT2D eigenvalue weighted by Gasteiger charge is -2.07. The Labute approximate surface area is 120 Å². The lowest BCUT2D eigenvalue weighted by atomic mass is 10.1. The van der Waals surface area contributed by atoms with Gasteiger partial charge in [-0.1, -0.05) is 12.1 Å². The summed E-state index contributed by atoms with van der Waals surface area (Å²) >= 11 is 0. The number of carbonyl (C=O) groups excluding carboxylic acids is 2. The van der Waals surface area contributed by atoms with Crippen molar-refractivity contribution in [2.45, 2.75) is 26.2 Å². The highest BCUT2D eigenvalue weighted by molar-refractivity contribution is 5.88. The van der Waals surface area contributed by atoms with E-state index in [0.717, 1.165) is 30.6 Å². The first-order valence-electron chi connectivity index (χ1n) is 6.89. The molecule has 1 rings (SSSR count). The first kappa shape index (κ1) is 16.2. The number of nitrogens with one attached hydrogen (secondary N) is 3. The van der Waals surface area contributed by atoms with E-state index >= 15 is 0 Å². The molecule has 110 valence electrons. The quantitative estimate of drug-likeness (QED) is 0.627. The number of anilines is 1. The summed E-state index contributed by atoms with van der Waals surface area (Å²) in [5.74, 6) is 0.0155. The van der Waals surface area contributed by atoms with Crippen LogP contribution in [0.25, 0.3) is 0 Å². The molecule has 5 heteroatoms. The van der Waals surface area contributed by atoms with E-state index in [1.54, 1.807) is 0 Å². The van der Waals surface area contributed by atoms with Crippen molar-refractivity contribution >= 4 is 17.5 Å². The number of hydrogen-bond acceptors (Lipinski definition) is 3. The van der Waals surface area contributed by atoms with Crippen LogP contribution in [-0.2, 0) is 16.0 Å². The average molecular weight is 277 g/mol. The maximum atomic E-state index is 11.5. The van der Waals surface area contributed by atoms with Crippen molar-refractivity contribution in [3.05, 3.63) is 29.8 Å². The van der Waals surface area contributed by atoms with E-state index < -0.39 is 0 Å². The predicted octanol–water partition coefficient (Wildman–Crippen LogP) is 1.30. The Kier molecular flexibility index (Phi) is 7.35. The van der Waals surface area contributed by atoms with Crippen LogP contribution in [0.2, 0.25) is 0 Å². The molecule has 2 amide bonds. The molecule has 0 spiro atoms. The highest BCUT2D eigenvalue weighted by Crippen LogP contribution is 2.09. The topological polar surface area (TPSA) is 70.2 Å². The zero-order valence-electron chi connectivity index (χ0n) is 12.2. The fourth-order valence-corrected chi connectivity index (χ4v) is 1.82. The summed E-state index contributed by atoms with van der Waals surface area (Å²) in [6.45, 7) is 2.98. The van der Waals surface area contributed by atoms with E-state index in [9.17, 15) is 9.59 Å². The van der Waals surface area contributed by atoms with E-state index in [-0.39, 0.29) is 11.8 Å².